The summed E-state index contributed by atoms with van der Waals surface area (Å²) in [7, 11) is 0. The molecule has 3 nitrogen and oxygen atoms in total. The summed E-state index contributed by atoms with van der Waals surface area (Å²) < 4.78 is 5.77. The first-order valence-electron chi connectivity index (χ1n) is 11.4. The van der Waals surface area contributed by atoms with Gasteiger partial charge in [-0.2, -0.15) is 0 Å². The molecule has 0 heterocycles. The van der Waals surface area contributed by atoms with Gasteiger partial charge in [-0.3, -0.25) is 0 Å². The van der Waals surface area contributed by atoms with Crippen LogP contribution in [0.4, 0.5) is 0 Å². The maximum Gasteiger partial charge on any atom is 0.338 e. The molecular formula is C32H27NO2. The summed E-state index contributed by atoms with van der Waals surface area (Å²) in [4.78, 5) is 12.7. The lowest BCUT2D eigenvalue weighted by Gasteiger charge is -2.20. The van der Waals surface area contributed by atoms with Gasteiger partial charge in [0.05, 0.1) is 5.56 Å². The molecule has 5 aromatic carbocycles. The minimum Gasteiger partial charge on any atom is -0.457 e. The van der Waals surface area contributed by atoms with E-state index in [0.29, 0.717) is 5.56 Å². The van der Waals surface area contributed by atoms with E-state index < -0.39 is 0 Å². The van der Waals surface area contributed by atoms with Gasteiger partial charge >= 0.3 is 5.97 Å². The van der Waals surface area contributed by atoms with Gasteiger partial charge in [-0.25, -0.2) is 4.79 Å². The Hall–Kier alpha value is -4.47. The molecule has 172 valence electrons. The van der Waals surface area contributed by atoms with Crippen molar-refractivity contribution in [2.24, 2.45) is 0 Å². The fourth-order valence-corrected chi connectivity index (χ4v) is 4.26. The van der Waals surface area contributed by atoms with Gasteiger partial charge in [0.25, 0.3) is 0 Å². The van der Waals surface area contributed by atoms with E-state index in [4.69, 9.17) is 4.74 Å². The third-order valence-corrected chi connectivity index (χ3v) is 5.87. The summed E-state index contributed by atoms with van der Waals surface area (Å²) in [5, 5.41) is 0. The fraction of sp³-hybridized carbons (Fsp3) is 0.0312. The quantitative estimate of drug-likeness (QED) is 0.261. The van der Waals surface area contributed by atoms with Crippen LogP contribution >= 0.6 is 0 Å². The first-order chi connectivity index (χ1) is 16.8. The number of carbonyl (C=O) groups excluding carboxylic acids is 1. The average molecular weight is 458 g/mol. The molecule has 0 aliphatic carbocycles. The lowest BCUT2D eigenvalue weighted by molar-refractivity contribution is 0.0473. The summed E-state index contributed by atoms with van der Waals surface area (Å²) in [6.07, 6.45) is 0. The number of carbonyl (C=O) groups is 1. The van der Waals surface area contributed by atoms with Crippen LogP contribution in [0.15, 0.2) is 133 Å². The van der Waals surface area contributed by atoms with Crippen LogP contribution in [0.5, 0.6) is 0 Å². The van der Waals surface area contributed by atoms with Crippen LogP contribution < -0.4 is 6.15 Å². The number of hydrogen-bond acceptors (Lipinski definition) is 3. The molecule has 0 unspecified atom stereocenters. The molecule has 35 heavy (non-hydrogen) atoms. The topological polar surface area (TPSA) is 61.3 Å². The van der Waals surface area contributed by atoms with Crippen LogP contribution in [-0.4, -0.2) is 5.97 Å². The normalized spacial score (nSPS) is 10.3. The highest BCUT2D eigenvalue weighted by Gasteiger charge is 2.19. The minimum absolute atomic E-state index is 0. The first kappa shape index (κ1) is 23.7. The Morgan fingerprint density at radius 1 is 0.514 bits per heavy atom. The molecule has 0 fully saturated rings. The van der Waals surface area contributed by atoms with E-state index in [9.17, 15) is 4.79 Å². The van der Waals surface area contributed by atoms with Gasteiger partial charge in [0.2, 0.25) is 0 Å². The number of esters is 1. The molecule has 0 atom stereocenters. The zero-order valence-electron chi connectivity index (χ0n) is 19.4. The van der Waals surface area contributed by atoms with Crippen molar-refractivity contribution >= 4 is 5.97 Å². The summed E-state index contributed by atoms with van der Waals surface area (Å²) in [6, 6.07) is 44.5. The Bertz CT molecular complexity index is 1380. The molecule has 0 spiro atoms. The van der Waals surface area contributed by atoms with Crippen LogP contribution in [-0.2, 0) is 11.3 Å². The van der Waals surface area contributed by atoms with Crippen molar-refractivity contribution in [3.63, 3.8) is 0 Å². The van der Waals surface area contributed by atoms with Crippen LogP contribution in [0, 0.1) is 0 Å². The Balaban J connectivity index is 0.00000289. The Labute approximate surface area is 206 Å². The smallest absolute Gasteiger partial charge is 0.338 e. The maximum atomic E-state index is 12.7. The van der Waals surface area contributed by atoms with Crippen molar-refractivity contribution in [3.8, 4) is 33.4 Å². The third kappa shape index (κ3) is 5.21. The van der Waals surface area contributed by atoms with Gasteiger partial charge in [-0.15, -0.1) is 0 Å². The third-order valence-electron chi connectivity index (χ3n) is 5.87. The molecule has 0 aliphatic heterocycles. The first-order valence-corrected chi connectivity index (χ1v) is 11.4. The van der Waals surface area contributed by atoms with E-state index in [-0.39, 0.29) is 18.7 Å². The van der Waals surface area contributed by atoms with Gasteiger partial charge in [-0.05, 0) is 51.1 Å². The second-order valence-electron chi connectivity index (χ2n) is 8.06. The van der Waals surface area contributed by atoms with E-state index >= 15 is 0 Å². The lowest BCUT2D eigenvalue weighted by Crippen LogP contribution is -2.06. The van der Waals surface area contributed by atoms with Crippen molar-refractivity contribution in [3.05, 3.63) is 145 Å². The van der Waals surface area contributed by atoms with Crippen LogP contribution in [0.2, 0.25) is 0 Å². The number of benzene rings is 5. The highest BCUT2D eigenvalue weighted by Crippen LogP contribution is 2.42. The molecule has 3 N–H and O–H groups in total. The second kappa shape index (κ2) is 11.1. The number of ether oxygens (including phenoxy) is 1. The van der Waals surface area contributed by atoms with Crippen LogP contribution in [0.25, 0.3) is 33.4 Å². The maximum absolute atomic E-state index is 12.7. The van der Waals surface area contributed by atoms with E-state index in [0.717, 1.165) is 38.9 Å². The van der Waals surface area contributed by atoms with E-state index in [1.165, 1.54) is 0 Å². The highest BCUT2D eigenvalue weighted by molar-refractivity contribution is 5.96. The summed E-state index contributed by atoms with van der Waals surface area (Å²) in [5.74, 6) is -0.326. The molecule has 0 amide bonds. The molecule has 0 bridgehead atoms. The SMILES string of the molecule is N.O=C(OCc1ccc(-c2ccccc2)c(-c2ccccc2)c1-c1ccccc1)c1ccccc1. The molecule has 5 aromatic rings. The minimum atomic E-state index is -0.326. The van der Waals surface area contributed by atoms with Crippen LogP contribution in [0.3, 0.4) is 0 Å². The van der Waals surface area contributed by atoms with Gasteiger partial charge in [-0.1, -0.05) is 121 Å². The van der Waals surface area contributed by atoms with Gasteiger partial charge in [0, 0.05) is 0 Å². The van der Waals surface area contributed by atoms with Crippen molar-refractivity contribution in [1.29, 1.82) is 0 Å². The Kier molecular flexibility index (Phi) is 7.51. The van der Waals surface area contributed by atoms with E-state index in [2.05, 4.69) is 72.8 Å². The Morgan fingerprint density at radius 2 is 0.971 bits per heavy atom. The molecule has 5 rings (SSSR count). The van der Waals surface area contributed by atoms with Gasteiger partial charge in [0.1, 0.15) is 6.61 Å². The molecular weight excluding hydrogens is 430 g/mol. The fourth-order valence-electron chi connectivity index (χ4n) is 4.26. The van der Waals surface area contributed by atoms with Crippen molar-refractivity contribution in [2.45, 2.75) is 6.61 Å². The van der Waals surface area contributed by atoms with Gasteiger partial charge < -0.3 is 10.9 Å². The average Bonchev–Trinajstić information content (AvgIpc) is 2.93. The van der Waals surface area contributed by atoms with E-state index in [1.807, 2.05) is 48.5 Å². The Morgan fingerprint density at radius 3 is 1.51 bits per heavy atom. The standard InChI is InChI=1S/C32H24O2.H3N/c33-32(27-19-11-4-12-20-27)34-23-28-21-22-29(24-13-5-1-6-14-24)31(26-17-9-3-10-18-26)30(28)25-15-7-2-8-16-25;/h1-22H,23H2;1H3. The second-order valence-corrected chi connectivity index (χ2v) is 8.06. The number of rotatable bonds is 6. The highest BCUT2D eigenvalue weighted by atomic mass is 16.5. The molecule has 0 aliphatic rings. The monoisotopic (exact) mass is 457 g/mol. The molecule has 3 heteroatoms. The molecule has 0 aromatic heterocycles. The lowest BCUT2D eigenvalue weighted by atomic mass is 9.85. The van der Waals surface area contributed by atoms with Crippen molar-refractivity contribution in [2.75, 3.05) is 0 Å². The summed E-state index contributed by atoms with van der Waals surface area (Å²) in [6.45, 7) is 0.187. The van der Waals surface area contributed by atoms with Crippen molar-refractivity contribution < 1.29 is 9.53 Å². The zero-order chi connectivity index (χ0) is 23.2. The predicted molar refractivity (Wildman–Crippen MR) is 143 cm³/mol. The largest absolute Gasteiger partial charge is 0.457 e. The molecule has 0 saturated carbocycles. The summed E-state index contributed by atoms with van der Waals surface area (Å²) >= 11 is 0. The van der Waals surface area contributed by atoms with Crippen LogP contribution in [0.1, 0.15) is 15.9 Å². The zero-order valence-corrected chi connectivity index (χ0v) is 19.4. The number of hydrogen-bond donors (Lipinski definition) is 1. The van der Waals surface area contributed by atoms with E-state index in [1.54, 1.807) is 12.1 Å². The van der Waals surface area contributed by atoms with Gasteiger partial charge in [0.15, 0.2) is 0 Å². The van der Waals surface area contributed by atoms with Crippen molar-refractivity contribution in [1.82, 2.24) is 6.15 Å². The molecule has 0 saturated heterocycles. The molecule has 0 radical (unpaired) electrons. The predicted octanol–water partition coefficient (Wildman–Crippen LogP) is 8.21. The summed E-state index contributed by atoms with van der Waals surface area (Å²) in [5.41, 5.74) is 8.22.